The van der Waals surface area contributed by atoms with E-state index in [4.69, 9.17) is 4.98 Å². The van der Waals surface area contributed by atoms with Gasteiger partial charge in [-0.05, 0) is 28.5 Å². The van der Waals surface area contributed by atoms with Gasteiger partial charge in [0.15, 0.2) is 11.6 Å². The zero-order valence-electron chi connectivity index (χ0n) is 19.2. The Balaban J connectivity index is 1.46. The summed E-state index contributed by atoms with van der Waals surface area (Å²) in [6.07, 6.45) is 7.98. The van der Waals surface area contributed by atoms with Gasteiger partial charge in [0.05, 0.1) is 40.7 Å². The van der Waals surface area contributed by atoms with E-state index in [0.29, 0.717) is 28.3 Å². The monoisotopic (exact) mass is 498 g/mol. The number of nitrogens with zero attached hydrogens (tertiary/aromatic N) is 5. The number of halogens is 1. The number of thiophene rings is 1. The first-order valence-corrected chi connectivity index (χ1v) is 12.1. The predicted octanol–water partition coefficient (Wildman–Crippen LogP) is 5.42. The number of H-pyrrole nitrogens is 2. The standard InChI is InChI=1S/C25H19FN8OS/c1-12(2)25(35)30-15-5-14(6-27-7-15)21-20(26)19-17(10-29-21)33-34-23(19)24-31-18-9-28-8-16(22(18)32-24)13-3-4-36-11-13/h3-12H,1-2H3,(H,30,35)(H,31,32)(H,33,34). The van der Waals surface area contributed by atoms with E-state index in [1.54, 1.807) is 43.6 Å². The van der Waals surface area contributed by atoms with Crippen LogP contribution in [0.2, 0.25) is 0 Å². The number of hydrogen-bond donors (Lipinski definition) is 3. The molecule has 11 heteroatoms. The van der Waals surface area contributed by atoms with Crippen LogP contribution in [0.3, 0.4) is 0 Å². The molecule has 0 unspecified atom stereocenters. The van der Waals surface area contributed by atoms with Crippen molar-refractivity contribution in [2.45, 2.75) is 13.8 Å². The number of imidazole rings is 1. The lowest BCUT2D eigenvalue weighted by Gasteiger charge is -2.09. The fourth-order valence-corrected chi connectivity index (χ4v) is 4.60. The van der Waals surface area contributed by atoms with Crippen molar-refractivity contribution in [3.05, 3.63) is 59.7 Å². The van der Waals surface area contributed by atoms with Crippen LogP contribution in [-0.2, 0) is 4.79 Å². The third kappa shape index (κ3) is 3.69. The van der Waals surface area contributed by atoms with Gasteiger partial charge in [0.25, 0.3) is 0 Å². The Morgan fingerprint density at radius 1 is 1.06 bits per heavy atom. The molecule has 0 spiro atoms. The number of anilines is 1. The Hall–Kier alpha value is -4.51. The highest BCUT2D eigenvalue weighted by Crippen LogP contribution is 2.34. The van der Waals surface area contributed by atoms with Gasteiger partial charge >= 0.3 is 0 Å². The van der Waals surface area contributed by atoms with Gasteiger partial charge in [-0.15, -0.1) is 0 Å². The summed E-state index contributed by atoms with van der Waals surface area (Å²) >= 11 is 1.59. The largest absolute Gasteiger partial charge is 0.335 e. The molecule has 0 aromatic carbocycles. The summed E-state index contributed by atoms with van der Waals surface area (Å²) in [6, 6.07) is 3.65. The minimum atomic E-state index is -0.568. The highest BCUT2D eigenvalue weighted by Gasteiger charge is 2.21. The van der Waals surface area contributed by atoms with E-state index < -0.39 is 5.82 Å². The number of amides is 1. The first kappa shape index (κ1) is 22.0. The Kier molecular flexibility index (Phi) is 5.26. The number of rotatable bonds is 5. The van der Waals surface area contributed by atoms with Crippen molar-refractivity contribution in [2.75, 3.05) is 5.32 Å². The molecule has 0 radical (unpaired) electrons. The summed E-state index contributed by atoms with van der Waals surface area (Å²) in [4.78, 5) is 32.8. The molecule has 1 amide bonds. The van der Waals surface area contributed by atoms with Gasteiger partial charge in [-0.25, -0.2) is 9.37 Å². The van der Waals surface area contributed by atoms with Crippen LogP contribution in [0, 0.1) is 11.7 Å². The lowest BCUT2D eigenvalue weighted by Crippen LogP contribution is -2.17. The highest BCUT2D eigenvalue weighted by atomic mass is 32.1. The molecule has 36 heavy (non-hydrogen) atoms. The number of fused-ring (bicyclic) bond motifs is 2. The van der Waals surface area contributed by atoms with E-state index in [0.717, 1.165) is 22.2 Å². The molecule has 6 aromatic rings. The fraction of sp³-hybridized carbons (Fsp3) is 0.120. The van der Waals surface area contributed by atoms with Crippen LogP contribution in [0.4, 0.5) is 10.1 Å². The molecule has 9 nitrogen and oxygen atoms in total. The van der Waals surface area contributed by atoms with E-state index in [1.807, 2.05) is 16.8 Å². The number of aromatic amines is 2. The Bertz CT molecular complexity index is 1740. The van der Waals surface area contributed by atoms with Crippen molar-refractivity contribution >= 4 is 44.9 Å². The molecule has 0 bridgehead atoms. The van der Waals surface area contributed by atoms with Crippen molar-refractivity contribution in [2.24, 2.45) is 5.92 Å². The SMILES string of the molecule is CC(C)C(=O)Nc1cncc(-c2ncc3[nH]nc(-c4nc5c(-c6ccsc6)cncc5[nH]4)c3c2F)c1. The maximum atomic E-state index is 15.9. The summed E-state index contributed by atoms with van der Waals surface area (Å²) in [6.45, 7) is 3.58. The minimum Gasteiger partial charge on any atom is -0.335 e. The van der Waals surface area contributed by atoms with Crippen molar-refractivity contribution < 1.29 is 9.18 Å². The Labute approximate surface area is 207 Å². The average Bonchev–Trinajstić information content (AvgIpc) is 3.63. The van der Waals surface area contributed by atoms with Gasteiger partial charge in [0, 0.05) is 29.4 Å². The summed E-state index contributed by atoms with van der Waals surface area (Å²) in [5.74, 6) is -0.515. The zero-order valence-corrected chi connectivity index (χ0v) is 20.0. The molecule has 0 aliphatic heterocycles. The van der Waals surface area contributed by atoms with Crippen molar-refractivity contribution in [3.8, 4) is 33.9 Å². The molecule has 178 valence electrons. The number of carbonyl (C=O) groups is 1. The molecule has 0 atom stereocenters. The van der Waals surface area contributed by atoms with Crippen LogP contribution in [0.15, 0.2) is 53.9 Å². The molecule has 6 aromatic heterocycles. The third-order valence-electron chi connectivity index (χ3n) is 5.80. The number of aromatic nitrogens is 7. The third-order valence-corrected chi connectivity index (χ3v) is 6.48. The van der Waals surface area contributed by atoms with Crippen molar-refractivity contribution in [3.63, 3.8) is 0 Å². The van der Waals surface area contributed by atoms with Crippen LogP contribution < -0.4 is 5.32 Å². The Morgan fingerprint density at radius 2 is 1.92 bits per heavy atom. The van der Waals surface area contributed by atoms with Gasteiger partial charge < -0.3 is 10.3 Å². The van der Waals surface area contributed by atoms with E-state index in [2.05, 4.69) is 35.5 Å². The maximum absolute atomic E-state index is 15.9. The Morgan fingerprint density at radius 3 is 2.72 bits per heavy atom. The molecule has 0 aliphatic carbocycles. The smallest absolute Gasteiger partial charge is 0.226 e. The number of hydrogen-bond acceptors (Lipinski definition) is 7. The van der Waals surface area contributed by atoms with Gasteiger partial charge in [-0.3, -0.25) is 24.8 Å². The maximum Gasteiger partial charge on any atom is 0.226 e. The lowest BCUT2D eigenvalue weighted by molar-refractivity contribution is -0.118. The molecule has 6 heterocycles. The fourth-order valence-electron chi connectivity index (χ4n) is 3.95. The molecule has 6 rings (SSSR count). The molecular weight excluding hydrogens is 479 g/mol. The highest BCUT2D eigenvalue weighted by molar-refractivity contribution is 7.08. The zero-order chi connectivity index (χ0) is 24.8. The van der Waals surface area contributed by atoms with Gasteiger partial charge in [0.2, 0.25) is 5.91 Å². The molecule has 0 saturated heterocycles. The van der Waals surface area contributed by atoms with E-state index in [9.17, 15) is 4.79 Å². The average molecular weight is 499 g/mol. The van der Waals surface area contributed by atoms with E-state index in [-0.39, 0.29) is 22.9 Å². The van der Waals surface area contributed by atoms with Gasteiger partial charge in [0.1, 0.15) is 16.9 Å². The van der Waals surface area contributed by atoms with Crippen LogP contribution in [0.1, 0.15) is 13.8 Å². The van der Waals surface area contributed by atoms with Gasteiger partial charge in [-0.2, -0.15) is 16.4 Å². The summed E-state index contributed by atoms with van der Waals surface area (Å²) in [5.41, 5.74) is 5.08. The number of nitrogens with one attached hydrogen (secondary N) is 3. The molecular formula is C25H19FN8OS. The number of pyridine rings is 3. The van der Waals surface area contributed by atoms with Crippen molar-refractivity contribution in [1.29, 1.82) is 0 Å². The molecule has 0 saturated carbocycles. The number of carbonyl (C=O) groups excluding carboxylic acids is 1. The normalized spacial score (nSPS) is 11.6. The predicted molar refractivity (Wildman–Crippen MR) is 137 cm³/mol. The first-order chi connectivity index (χ1) is 17.5. The topological polar surface area (TPSA) is 125 Å². The van der Waals surface area contributed by atoms with Crippen molar-refractivity contribution in [1.82, 2.24) is 35.1 Å². The summed E-state index contributed by atoms with van der Waals surface area (Å²) in [7, 11) is 0. The summed E-state index contributed by atoms with van der Waals surface area (Å²) in [5, 5.41) is 14.2. The second kappa shape index (κ2) is 8.61. The van der Waals surface area contributed by atoms with Crippen LogP contribution >= 0.6 is 11.3 Å². The van der Waals surface area contributed by atoms with E-state index in [1.165, 1.54) is 18.6 Å². The second-order valence-corrected chi connectivity index (χ2v) is 9.35. The molecule has 3 N–H and O–H groups in total. The lowest BCUT2D eigenvalue weighted by atomic mass is 10.1. The first-order valence-electron chi connectivity index (χ1n) is 11.1. The summed E-state index contributed by atoms with van der Waals surface area (Å²) < 4.78 is 15.9. The quantitative estimate of drug-likeness (QED) is 0.291. The van der Waals surface area contributed by atoms with E-state index >= 15 is 4.39 Å². The van der Waals surface area contributed by atoms with Crippen LogP contribution in [-0.4, -0.2) is 41.0 Å². The second-order valence-electron chi connectivity index (χ2n) is 8.57. The van der Waals surface area contributed by atoms with Crippen LogP contribution in [0.25, 0.3) is 55.8 Å². The van der Waals surface area contributed by atoms with Gasteiger partial charge in [-0.1, -0.05) is 13.8 Å². The molecule has 0 aliphatic rings. The minimum absolute atomic E-state index is 0.0926. The molecule has 0 fully saturated rings. The van der Waals surface area contributed by atoms with Crippen LogP contribution in [0.5, 0.6) is 0 Å².